The van der Waals surface area contributed by atoms with Gasteiger partial charge in [-0.15, -0.1) is 21.9 Å². The Labute approximate surface area is 431 Å². The average Bonchev–Trinajstić information content (AvgIpc) is 3.40. The topological polar surface area (TPSA) is 36.9 Å². The molecule has 7 aromatic carbocycles. The van der Waals surface area contributed by atoms with Gasteiger partial charge in [0.1, 0.15) is 53.5 Å². The van der Waals surface area contributed by atoms with Gasteiger partial charge in [-0.05, 0) is 36.4 Å². The molecule has 0 saturated heterocycles. The SMILES string of the molecule is COCCOc1ccccc1[S+](c1ccccc1)c1ccccc1OCCOC.Fc1c(F)c(F)c([B-](c2c(F)c(F)c(F)c(F)c2Cl)(c2c(F)c(F)c(F)c(F)c2Cl)c2c(F)c(F)c(F)c(F)c2Cl)c(Cl)c1F. The standard InChI is InChI=1S/C24BCl4F16.C24H27O4S/c26-5-1(9(30)17(38)21(42)13(5)34)25(2-6(27)14(35)22(43)18(39)10(2)31,3-7(28)15(36)23(44)19(40)11(3)32)4-8(29)16(37)24(45)20(41)12(4)33;1-25-16-18-27-21-12-6-8-14-23(21)29(20-10-4-3-5-11-20)24-15-9-7-13-22(24)28-19-17-26-2/h;3-15H,16-19H2,1-2H3/q-1;+1. The van der Waals surface area contributed by atoms with Crippen molar-refractivity contribution >= 4 is 85.3 Å². The predicted octanol–water partition coefficient (Wildman–Crippen LogP) is 12.7. The van der Waals surface area contributed by atoms with Crippen LogP contribution in [-0.4, -0.2) is 46.8 Å². The third-order valence-corrected chi connectivity index (χ3v) is 14.7. The van der Waals surface area contributed by atoms with Gasteiger partial charge < -0.3 is 18.9 Å². The summed E-state index contributed by atoms with van der Waals surface area (Å²) in [6.45, 7) is 2.10. The van der Waals surface area contributed by atoms with Gasteiger partial charge in [-0.3, -0.25) is 0 Å². The van der Waals surface area contributed by atoms with Crippen molar-refractivity contribution in [2.75, 3.05) is 40.6 Å². The van der Waals surface area contributed by atoms with E-state index in [4.69, 9.17) is 65.4 Å². The number of para-hydroxylation sites is 2. The van der Waals surface area contributed by atoms with E-state index in [1.165, 1.54) is 4.90 Å². The Bertz CT molecular complexity index is 2820. The molecule has 26 heteroatoms. The summed E-state index contributed by atoms with van der Waals surface area (Å²) in [5.74, 6) is -46.6. The minimum absolute atomic E-state index is 0.380. The van der Waals surface area contributed by atoms with Gasteiger partial charge in [0.05, 0.1) is 13.2 Å². The van der Waals surface area contributed by atoms with Gasteiger partial charge in [0.25, 0.3) is 0 Å². The van der Waals surface area contributed by atoms with Crippen LogP contribution in [0.25, 0.3) is 0 Å². The summed E-state index contributed by atoms with van der Waals surface area (Å²) in [5, 5.41) is -9.69. The quantitative estimate of drug-likeness (QED) is 0.0256. The van der Waals surface area contributed by atoms with Crippen LogP contribution in [0.5, 0.6) is 11.5 Å². The third kappa shape index (κ3) is 10.3. The summed E-state index contributed by atoms with van der Waals surface area (Å²) in [6.07, 6.45) is -6.24. The second-order valence-corrected chi connectivity index (χ2v) is 18.5. The van der Waals surface area contributed by atoms with Crippen LogP contribution in [0, 0.1) is 93.1 Å². The maximum absolute atomic E-state index is 15.8. The van der Waals surface area contributed by atoms with Crippen LogP contribution < -0.4 is 31.3 Å². The number of rotatable bonds is 15. The van der Waals surface area contributed by atoms with E-state index in [0.717, 1.165) is 21.3 Å². The van der Waals surface area contributed by atoms with Gasteiger partial charge >= 0.3 is 0 Å². The summed E-state index contributed by atoms with van der Waals surface area (Å²) in [4.78, 5) is 3.45. The number of benzene rings is 7. The van der Waals surface area contributed by atoms with Crippen molar-refractivity contribution in [3.63, 3.8) is 0 Å². The predicted molar refractivity (Wildman–Crippen MR) is 246 cm³/mol. The van der Waals surface area contributed by atoms with Crippen LogP contribution in [0.15, 0.2) is 93.5 Å². The maximum atomic E-state index is 15.8. The number of hydrogen-bond donors (Lipinski definition) is 0. The molecule has 4 nitrogen and oxygen atoms in total. The van der Waals surface area contributed by atoms with E-state index in [9.17, 15) is 52.7 Å². The van der Waals surface area contributed by atoms with Crippen LogP contribution in [0.4, 0.5) is 70.2 Å². The highest BCUT2D eigenvalue weighted by Gasteiger charge is 2.51. The first-order valence-electron chi connectivity index (χ1n) is 20.5. The van der Waals surface area contributed by atoms with Crippen molar-refractivity contribution in [2.45, 2.75) is 14.7 Å². The summed E-state index contributed by atoms with van der Waals surface area (Å²) in [5.41, 5.74) is -10.7. The first-order chi connectivity index (χ1) is 35.0. The fourth-order valence-corrected chi connectivity index (χ4v) is 11.3. The van der Waals surface area contributed by atoms with Gasteiger partial charge in [-0.25, -0.2) is 70.2 Å². The summed E-state index contributed by atoms with van der Waals surface area (Å²) in [7, 11) is 2.98. The Kier molecular flexibility index (Phi) is 18.8. The molecule has 0 atom stereocenters. The lowest BCUT2D eigenvalue weighted by Gasteiger charge is -2.46. The fourth-order valence-electron chi connectivity index (χ4n) is 7.75. The number of methoxy groups -OCH3 is 2. The maximum Gasteiger partial charge on any atom is 0.208 e. The molecule has 0 N–H and O–H groups in total. The van der Waals surface area contributed by atoms with Crippen molar-refractivity contribution in [2.24, 2.45) is 0 Å². The molecule has 74 heavy (non-hydrogen) atoms. The molecule has 7 rings (SSSR count). The van der Waals surface area contributed by atoms with Gasteiger partial charge in [-0.2, -0.15) is 0 Å². The molecule has 0 unspecified atom stereocenters. The molecule has 0 heterocycles. The molecule has 0 saturated carbocycles. The largest absolute Gasteiger partial charge is 0.486 e. The summed E-state index contributed by atoms with van der Waals surface area (Å²) >= 11 is 22.3. The lowest BCUT2D eigenvalue weighted by Crippen LogP contribution is -2.79. The zero-order valence-corrected chi connectivity index (χ0v) is 40.9. The molecule has 7 aromatic rings. The number of halogens is 20. The number of hydrogen-bond acceptors (Lipinski definition) is 4. The Morgan fingerprint density at radius 1 is 0.338 bits per heavy atom. The van der Waals surface area contributed by atoms with Gasteiger partial charge in [-0.1, -0.05) is 88.9 Å². The molecule has 0 amide bonds. The highest BCUT2D eigenvalue weighted by Crippen LogP contribution is 2.41. The van der Waals surface area contributed by atoms with E-state index in [-0.39, 0.29) is 10.9 Å². The molecule has 0 spiro atoms. The lowest BCUT2D eigenvalue weighted by molar-refractivity contribution is 0.144. The Hall–Kier alpha value is -5.49. The van der Waals surface area contributed by atoms with E-state index >= 15 is 17.6 Å². The van der Waals surface area contributed by atoms with E-state index in [2.05, 4.69) is 48.5 Å². The Balaban J connectivity index is 0.000000265. The molecular weight excluding hydrogens is 1130 g/mol. The van der Waals surface area contributed by atoms with Crippen LogP contribution >= 0.6 is 46.4 Å². The van der Waals surface area contributed by atoms with Crippen molar-refractivity contribution in [1.82, 2.24) is 0 Å². The lowest BCUT2D eigenvalue weighted by atomic mass is 9.12. The van der Waals surface area contributed by atoms with E-state index in [1.807, 2.05) is 30.3 Å². The third-order valence-electron chi connectivity index (χ3n) is 10.9. The molecule has 0 fully saturated rings. The molecule has 0 aliphatic carbocycles. The number of ether oxygens (including phenoxy) is 4. The second-order valence-electron chi connectivity index (χ2n) is 15.0. The summed E-state index contributed by atoms with van der Waals surface area (Å²) < 4.78 is 261. The molecule has 392 valence electrons. The van der Waals surface area contributed by atoms with Crippen molar-refractivity contribution in [3.8, 4) is 11.5 Å². The molecular formula is C48H27BCl4F16O4S. The monoisotopic (exact) mass is 1150 g/mol. The van der Waals surface area contributed by atoms with Crippen LogP contribution in [-0.2, 0) is 20.4 Å². The van der Waals surface area contributed by atoms with Gasteiger partial charge in [0.2, 0.25) is 9.79 Å². The van der Waals surface area contributed by atoms with Crippen molar-refractivity contribution < 1.29 is 89.2 Å². The van der Waals surface area contributed by atoms with E-state index in [1.54, 1.807) is 14.2 Å². The molecule has 0 radical (unpaired) electrons. The minimum Gasteiger partial charge on any atom is -0.486 e. The highest BCUT2D eigenvalue weighted by molar-refractivity contribution is 7.97. The first kappa shape index (κ1) is 57.8. The zero-order chi connectivity index (χ0) is 54.7. The Morgan fingerprint density at radius 2 is 0.595 bits per heavy atom. The average molecular weight is 1160 g/mol. The fraction of sp³-hybridized carbons (Fsp3) is 0.125. The minimum atomic E-state index is -6.24. The summed E-state index contributed by atoms with van der Waals surface area (Å²) in [6, 6.07) is 26.9. The van der Waals surface area contributed by atoms with E-state index < -0.39 is 141 Å². The zero-order valence-electron chi connectivity index (χ0n) is 37.0. The van der Waals surface area contributed by atoms with Gasteiger partial charge in [0, 0.05) is 34.3 Å². The molecule has 0 aliphatic rings. The molecule has 0 aliphatic heterocycles. The van der Waals surface area contributed by atoms with Crippen LogP contribution in [0.2, 0.25) is 20.1 Å². The van der Waals surface area contributed by atoms with Crippen LogP contribution in [0.3, 0.4) is 0 Å². The smallest absolute Gasteiger partial charge is 0.208 e. The van der Waals surface area contributed by atoms with Crippen molar-refractivity contribution in [3.05, 3.63) is 192 Å². The van der Waals surface area contributed by atoms with Crippen molar-refractivity contribution in [1.29, 1.82) is 0 Å². The Morgan fingerprint density at radius 3 is 0.878 bits per heavy atom. The van der Waals surface area contributed by atoms with Crippen LogP contribution in [0.1, 0.15) is 0 Å². The van der Waals surface area contributed by atoms with Gasteiger partial charge in [0.15, 0.2) is 86.2 Å². The molecule has 0 aromatic heterocycles. The first-order valence-corrected chi connectivity index (χ1v) is 23.2. The highest BCUT2D eigenvalue weighted by atomic mass is 35.5. The van der Waals surface area contributed by atoms with E-state index in [0.29, 0.717) is 26.4 Å². The second kappa shape index (κ2) is 24.0. The normalized spacial score (nSPS) is 11.6. The molecule has 0 bridgehead atoms.